The van der Waals surface area contributed by atoms with E-state index in [1.54, 1.807) is 11.3 Å². The molecule has 0 aliphatic carbocycles. The van der Waals surface area contributed by atoms with Crippen molar-refractivity contribution < 1.29 is 14.6 Å². The van der Waals surface area contributed by atoms with Gasteiger partial charge in [-0.05, 0) is 48.6 Å². The van der Waals surface area contributed by atoms with Gasteiger partial charge in [-0.2, -0.15) is 0 Å². The molecule has 0 bridgehead atoms. The van der Waals surface area contributed by atoms with Crippen molar-refractivity contribution in [3.8, 4) is 11.5 Å². The highest BCUT2D eigenvalue weighted by Gasteiger charge is 2.16. The Labute approximate surface area is 182 Å². The first kappa shape index (κ1) is 23.2. The summed E-state index contributed by atoms with van der Waals surface area (Å²) in [5, 5.41) is 15.9. The lowest BCUT2D eigenvalue weighted by atomic mass is 10.0. The smallest absolute Gasteiger partial charge is 0.161 e. The van der Waals surface area contributed by atoms with Gasteiger partial charge in [0.15, 0.2) is 11.5 Å². The first-order valence-corrected chi connectivity index (χ1v) is 10.4. The summed E-state index contributed by atoms with van der Waals surface area (Å²) in [7, 11) is 0. The van der Waals surface area contributed by atoms with E-state index in [0.29, 0.717) is 19.8 Å². The zero-order valence-electron chi connectivity index (χ0n) is 16.7. The molecule has 0 saturated heterocycles. The number of aliphatic hydroxyl groups is 1. The molecule has 4 nitrogen and oxygen atoms in total. The van der Waals surface area contributed by atoms with Gasteiger partial charge in [-0.15, -0.1) is 23.7 Å². The van der Waals surface area contributed by atoms with E-state index in [1.165, 1.54) is 4.88 Å². The van der Waals surface area contributed by atoms with Crippen molar-refractivity contribution in [1.29, 1.82) is 0 Å². The molecule has 0 radical (unpaired) electrons. The van der Waals surface area contributed by atoms with Crippen LogP contribution in [0.1, 0.15) is 36.0 Å². The quantitative estimate of drug-likeness (QED) is 0.452. The highest BCUT2D eigenvalue weighted by molar-refractivity contribution is 7.09. The van der Waals surface area contributed by atoms with E-state index in [1.807, 2.05) is 73.8 Å². The maximum Gasteiger partial charge on any atom is 0.161 e. The normalized spacial score (nSPS) is 12.7. The fourth-order valence-electron chi connectivity index (χ4n) is 2.92. The molecular weight excluding hydrogens is 406 g/mol. The van der Waals surface area contributed by atoms with Crippen LogP contribution < -0.4 is 14.8 Å². The highest BCUT2D eigenvalue weighted by Crippen LogP contribution is 2.30. The summed E-state index contributed by atoms with van der Waals surface area (Å²) in [5.41, 5.74) is 1.99. The van der Waals surface area contributed by atoms with Crippen molar-refractivity contribution in [1.82, 2.24) is 5.32 Å². The first-order valence-electron chi connectivity index (χ1n) is 9.54. The number of ether oxygens (including phenoxy) is 2. The van der Waals surface area contributed by atoms with Gasteiger partial charge in [0.2, 0.25) is 0 Å². The number of aliphatic hydroxyl groups excluding tert-OH is 1. The Kier molecular flexibility index (Phi) is 9.48. The Balaban J connectivity index is 0.00000300. The molecule has 0 saturated carbocycles. The molecule has 0 fully saturated rings. The molecule has 0 spiro atoms. The van der Waals surface area contributed by atoms with Crippen LogP contribution in [-0.4, -0.2) is 17.8 Å². The molecule has 3 rings (SSSR count). The van der Waals surface area contributed by atoms with Gasteiger partial charge in [0.05, 0.1) is 12.7 Å². The number of halogens is 1. The molecule has 0 aliphatic heterocycles. The summed E-state index contributed by atoms with van der Waals surface area (Å²) in [6.45, 7) is 5.70. The SMILES string of the molecule is CCOc1cc(CNC(C)C(O)c2ccccc2)ccc1OCc1cccs1.Cl. The van der Waals surface area contributed by atoms with Crippen molar-refractivity contribution in [2.24, 2.45) is 0 Å². The Bertz CT molecular complexity index is 843. The van der Waals surface area contributed by atoms with Crippen molar-refractivity contribution in [3.63, 3.8) is 0 Å². The highest BCUT2D eigenvalue weighted by atomic mass is 35.5. The lowest BCUT2D eigenvalue weighted by molar-refractivity contribution is 0.135. The summed E-state index contributed by atoms with van der Waals surface area (Å²) in [5.74, 6) is 1.49. The second-order valence-corrected chi connectivity index (χ2v) is 7.64. The van der Waals surface area contributed by atoms with E-state index in [0.717, 1.165) is 22.6 Å². The summed E-state index contributed by atoms with van der Waals surface area (Å²) >= 11 is 1.68. The minimum Gasteiger partial charge on any atom is -0.490 e. The van der Waals surface area contributed by atoms with Gasteiger partial charge in [0.1, 0.15) is 6.61 Å². The fraction of sp³-hybridized carbons (Fsp3) is 0.304. The molecule has 2 atom stereocenters. The maximum atomic E-state index is 10.5. The molecule has 2 N–H and O–H groups in total. The van der Waals surface area contributed by atoms with Gasteiger partial charge in [-0.3, -0.25) is 0 Å². The Hall–Kier alpha value is -2.05. The third-order valence-corrected chi connectivity index (χ3v) is 5.35. The molecule has 2 aromatic carbocycles. The summed E-state index contributed by atoms with van der Waals surface area (Å²) in [6.07, 6.45) is -0.555. The zero-order valence-corrected chi connectivity index (χ0v) is 18.3. The van der Waals surface area contributed by atoms with Gasteiger partial charge < -0.3 is 19.9 Å². The van der Waals surface area contributed by atoms with Crippen LogP contribution in [0.15, 0.2) is 66.0 Å². The molecule has 6 heteroatoms. The van der Waals surface area contributed by atoms with Crippen molar-refractivity contribution in [3.05, 3.63) is 82.0 Å². The van der Waals surface area contributed by atoms with Crippen LogP contribution in [-0.2, 0) is 13.2 Å². The average molecular weight is 434 g/mol. The van der Waals surface area contributed by atoms with Crippen LogP contribution in [0.2, 0.25) is 0 Å². The van der Waals surface area contributed by atoms with Gasteiger partial charge in [-0.25, -0.2) is 0 Å². The lowest BCUT2D eigenvalue weighted by Gasteiger charge is -2.21. The summed E-state index contributed by atoms with van der Waals surface area (Å²) in [6, 6.07) is 19.7. The van der Waals surface area contributed by atoms with Crippen molar-refractivity contribution >= 4 is 23.7 Å². The molecule has 29 heavy (non-hydrogen) atoms. The second-order valence-electron chi connectivity index (χ2n) is 6.61. The Morgan fingerprint density at radius 1 is 1.00 bits per heavy atom. The van der Waals surface area contributed by atoms with Gasteiger partial charge in [0.25, 0.3) is 0 Å². The topological polar surface area (TPSA) is 50.7 Å². The lowest BCUT2D eigenvalue weighted by Crippen LogP contribution is -2.31. The minimum absolute atomic E-state index is 0. The van der Waals surface area contributed by atoms with Crippen LogP contribution in [0.3, 0.4) is 0 Å². The molecule has 1 heterocycles. The second kappa shape index (κ2) is 11.8. The number of hydrogen-bond acceptors (Lipinski definition) is 5. The van der Waals surface area contributed by atoms with Gasteiger partial charge in [0, 0.05) is 17.5 Å². The third kappa shape index (κ3) is 6.75. The molecule has 156 valence electrons. The number of hydrogen-bond donors (Lipinski definition) is 2. The number of thiophene rings is 1. The summed E-state index contributed by atoms with van der Waals surface area (Å²) < 4.78 is 11.7. The van der Waals surface area contributed by atoms with E-state index in [2.05, 4.69) is 11.4 Å². The molecule has 0 amide bonds. The first-order chi connectivity index (χ1) is 13.7. The van der Waals surface area contributed by atoms with E-state index < -0.39 is 6.10 Å². The van der Waals surface area contributed by atoms with E-state index >= 15 is 0 Å². The van der Waals surface area contributed by atoms with E-state index in [-0.39, 0.29) is 18.4 Å². The molecule has 0 aliphatic rings. The molecular formula is C23H28ClNO3S. The number of rotatable bonds is 10. The largest absolute Gasteiger partial charge is 0.490 e. The predicted molar refractivity (Wildman–Crippen MR) is 121 cm³/mol. The van der Waals surface area contributed by atoms with Gasteiger partial charge in [-0.1, -0.05) is 42.5 Å². The zero-order chi connectivity index (χ0) is 19.8. The van der Waals surface area contributed by atoms with Crippen LogP contribution in [0.4, 0.5) is 0 Å². The minimum atomic E-state index is -0.555. The molecule has 1 aromatic heterocycles. The monoisotopic (exact) mass is 433 g/mol. The summed E-state index contributed by atoms with van der Waals surface area (Å²) in [4.78, 5) is 1.18. The van der Waals surface area contributed by atoms with Crippen molar-refractivity contribution in [2.45, 2.75) is 39.1 Å². The van der Waals surface area contributed by atoms with Gasteiger partial charge >= 0.3 is 0 Å². The average Bonchev–Trinajstić information content (AvgIpc) is 3.25. The Morgan fingerprint density at radius 3 is 2.48 bits per heavy atom. The number of benzene rings is 2. The number of nitrogens with one attached hydrogen (secondary N) is 1. The fourth-order valence-corrected chi connectivity index (χ4v) is 3.54. The standard InChI is InChI=1S/C23H27NO3S.ClH/c1-3-26-22-14-18(11-12-21(22)27-16-20-10-7-13-28-20)15-24-17(2)23(25)19-8-5-4-6-9-19;/h4-14,17,23-25H,3,15-16H2,1-2H3;1H. The van der Waals surface area contributed by atoms with Crippen LogP contribution in [0.5, 0.6) is 11.5 Å². The molecule has 2 unspecified atom stereocenters. The van der Waals surface area contributed by atoms with E-state index in [4.69, 9.17) is 9.47 Å². The van der Waals surface area contributed by atoms with E-state index in [9.17, 15) is 5.11 Å². The van der Waals surface area contributed by atoms with Crippen LogP contribution >= 0.6 is 23.7 Å². The van der Waals surface area contributed by atoms with Crippen LogP contribution in [0.25, 0.3) is 0 Å². The maximum absolute atomic E-state index is 10.5. The van der Waals surface area contributed by atoms with Crippen LogP contribution in [0, 0.1) is 0 Å². The molecule has 3 aromatic rings. The Morgan fingerprint density at radius 2 is 1.79 bits per heavy atom. The van der Waals surface area contributed by atoms with Crippen molar-refractivity contribution in [2.75, 3.05) is 6.61 Å². The predicted octanol–water partition coefficient (Wildman–Crippen LogP) is 5.36. The third-order valence-electron chi connectivity index (χ3n) is 4.50.